The van der Waals surface area contributed by atoms with E-state index in [4.69, 9.17) is 0 Å². The summed E-state index contributed by atoms with van der Waals surface area (Å²) in [5.74, 6) is 0. The lowest BCUT2D eigenvalue weighted by Crippen LogP contribution is -2.30. The first kappa shape index (κ1) is 16.8. The summed E-state index contributed by atoms with van der Waals surface area (Å²) in [6, 6.07) is 15.9. The summed E-state index contributed by atoms with van der Waals surface area (Å²) >= 11 is 0. The van der Waals surface area contributed by atoms with Gasteiger partial charge in [0.2, 0.25) is 0 Å². The predicted molar refractivity (Wildman–Crippen MR) is 99.8 cm³/mol. The van der Waals surface area contributed by atoms with Crippen LogP contribution in [0, 0.1) is 6.92 Å². The van der Waals surface area contributed by atoms with Crippen LogP contribution in [0.1, 0.15) is 12.0 Å². The van der Waals surface area contributed by atoms with Crippen molar-refractivity contribution in [1.82, 2.24) is 0 Å². The zero-order valence-electron chi connectivity index (χ0n) is 14.3. The minimum Gasteiger partial charge on any atom is -0.370 e. The van der Waals surface area contributed by atoms with Crippen molar-refractivity contribution < 1.29 is 8.42 Å². The van der Waals surface area contributed by atoms with E-state index in [-0.39, 0.29) is 0 Å². The number of hydrogen-bond donors (Lipinski definition) is 0. The van der Waals surface area contributed by atoms with Crippen LogP contribution in [0.3, 0.4) is 0 Å². The van der Waals surface area contributed by atoms with Gasteiger partial charge in [0, 0.05) is 43.8 Å². The molecule has 0 atom stereocenters. The second-order valence-electron chi connectivity index (χ2n) is 6.43. The van der Waals surface area contributed by atoms with Crippen molar-refractivity contribution in [2.24, 2.45) is 0 Å². The number of rotatable bonds is 3. The fourth-order valence-corrected chi connectivity index (χ4v) is 3.72. The van der Waals surface area contributed by atoms with Crippen molar-refractivity contribution in [3.05, 3.63) is 54.1 Å². The molecule has 0 bridgehead atoms. The minimum absolute atomic E-state index is 0.377. The molecule has 1 aliphatic rings. The lowest BCUT2D eigenvalue weighted by Gasteiger charge is -2.25. The molecule has 2 aromatic carbocycles. The molecule has 128 valence electrons. The molecule has 24 heavy (non-hydrogen) atoms. The smallest absolute Gasteiger partial charge is 0.175 e. The quantitative estimate of drug-likeness (QED) is 0.858. The Labute approximate surface area is 144 Å². The number of nitrogens with zero attached hydrogens (tertiary/aromatic N) is 2. The first-order chi connectivity index (χ1) is 11.4. The highest BCUT2D eigenvalue weighted by atomic mass is 32.2. The lowest BCUT2D eigenvalue weighted by molar-refractivity contribution is 0.602. The Bertz CT molecular complexity index is 783. The van der Waals surface area contributed by atoms with Crippen LogP contribution < -0.4 is 9.80 Å². The fraction of sp³-hybridized carbons (Fsp3) is 0.368. The normalized spacial score (nSPS) is 16.1. The van der Waals surface area contributed by atoms with Gasteiger partial charge in [0.15, 0.2) is 9.84 Å². The average molecular weight is 344 g/mol. The maximum absolute atomic E-state index is 11.6. The zero-order valence-corrected chi connectivity index (χ0v) is 15.1. The zero-order chi connectivity index (χ0) is 17.2. The molecule has 0 aromatic heterocycles. The topological polar surface area (TPSA) is 40.6 Å². The van der Waals surface area contributed by atoms with E-state index in [1.165, 1.54) is 17.5 Å². The van der Waals surface area contributed by atoms with Gasteiger partial charge in [-0.3, -0.25) is 0 Å². The Kier molecular flexibility index (Phi) is 4.81. The number of benzene rings is 2. The van der Waals surface area contributed by atoms with Crippen LogP contribution in [0.15, 0.2) is 53.4 Å². The van der Waals surface area contributed by atoms with Gasteiger partial charge in [-0.1, -0.05) is 17.7 Å². The number of anilines is 2. The van der Waals surface area contributed by atoms with Crippen molar-refractivity contribution in [1.29, 1.82) is 0 Å². The van der Waals surface area contributed by atoms with Crippen LogP contribution in [0.4, 0.5) is 11.4 Å². The summed E-state index contributed by atoms with van der Waals surface area (Å²) in [4.78, 5) is 5.13. The highest BCUT2D eigenvalue weighted by molar-refractivity contribution is 7.90. The van der Waals surface area contributed by atoms with Crippen molar-refractivity contribution in [2.75, 3.05) is 42.2 Å². The molecule has 1 heterocycles. The summed E-state index contributed by atoms with van der Waals surface area (Å²) in [6.07, 6.45) is 2.33. The molecular formula is C19H24N2O2S. The molecule has 0 saturated carbocycles. The van der Waals surface area contributed by atoms with Gasteiger partial charge in [-0.2, -0.15) is 0 Å². The fourth-order valence-electron chi connectivity index (χ4n) is 3.09. The number of sulfone groups is 1. The van der Waals surface area contributed by atoms with E-state index in [1.54, 1.807) is 12.1 Å². The molecule has 2 aromatic rings. The molecule has 4 nitrogen and oxygen atoms in total. The summed E-state index contributed by atoms with van der Waals surface area (Å²) in [5, 5.41) is 0. The number of hydrogen-bond acceptors (Lipinski definition) is 4. The molecular weight excluding hydrogens is 320 g/mol. The Balaban J connectivity index is 1.70. The highest BCUT2D eigenvalue weighted by Gasteiger charge is 2.16. The molecule has 3 rings (SSSR count). The van der Waals surface area contributed by atoms with E-state index in [9.17, 15) is 8.42 Å². The number of aryl methyl sites for hydroxylation is 1. The molecule has 0 aliphatic carbocycles. The van der Waals surface area contributed by atoms with E-state index in [1.807, 2.05) is 12.1 Å². The highest BCUT2D eigenvalue weighted by Crippen LogP contribution is 2.22. The summed E-state index contributed by atoms with van der Waals surface area (Å²) < 4.78 is 23.2. The van der Waals surface area contributed by atoms with Gasteiger partial charge < -0.3 is 9.80 Å². The monoisotopic (exact) mass is 344 g/mol. The van der Waals surface area contributed by atoms with Crippen LogP contribution in [0.5, 0.6) is 0 Å². The molecule has 0 unspecified atom stereocenters. The van der Waals surface area contributed by atoms with Crippen LogP contribution >= 0.6 is 0 Å². The third-order valence-electron chi connectivity index (χ3n) is 4.53. The average Bonchev–Trinajstić information content (AvgIpc) is 2.81. The standard InChI is InChI=1S/C19H24N2O2S/c1-16-4-6-17(7-5-16)20-12-3-13-21(15-14-20)18-8-10-19(11-9-18)24(2,22)23/h4-11H,3,12-15H2,1-2H3. The SMILES string of the molecule is Cc1ccc(N2CCCN(c3ccc(S(C)(=O)=O)cc3)CC2)cc1. The van der Waals surface area contributed by atoms with Crippen molar-refractivity contribution in [3.8, 4) is 0 Å². The van der Waals surface area contributed by atoms with E-state index < -0.39 is 9.84 Å². The lowest BCUT2D eigenvalue weighted by atomic mass is 10.2. The molecule has 1 fully saturated rings. The largest absolute Gasteiger partial charge is 0.370 e. The second-order valence-corrected chi connectivity index (χ2v) is 8.45. The van der Waals surface area contributed by atoms with E-state index in [2.05, 4.69) is 41.0 Å². The molecule has 5 heteroatoms. The van der Waals surface area contributed by atoms with Crippen molar-refractivity contribution >= 4 is 21.2 Å². The van der Waals surface area contributed by atoms with Crippen LogP contribution in [-0.4, -0.2) is 40.9 Å². The Hall–Kier alpha value is -2.01. The maximum atomic E-state index is 11.6. The van der Waals surface area contributed by atoms with E-state index >= 15 is 0 Å². The summed E-state index contributed by atoms with van der Waals surface area (Å²) in [6.45, 7) is 6.04. The van der Waals surface area contributed by atoms with E-state index in [0.717, 1.165) is 38.3 Å². The summed E-state index contributed by atoms with van der Waals surface area (Å²) in [7, 11) is -3.13. The Morgan fingerprint density at radius 2 is 1.21 bits per heavy atom. The van der Waals surface area contributed by atoms with Gasteiger partial charge >= 0.3 is 0 Å². The third-order valence-corrected chi connectivity index (χ3v) is 5.65. The third kappa shape index (κ3) is 3.90. The minimum atomic E-state index is -3.13. The molecule has 1 saturated heterocycles. The summed E-state index contributed by atoms with van der Waals surface area (Å²) in [5.41, 5.74) is 3.64. The van der Waals surface area contributed by atoms with Crippen molar-refractivity contribution in [3.63, 3.8) is 0 Å². The molecule has 0 N–H and O–H groups in total. The van der Waals surface area contributed by atoms with Gasteiger partial charge in [0.25, 0.3) is 0 Å². The van der Waals surface area contributed by atoms with Gasteiger partial charge in [-0.05, 0) is 49.7 Å². The van der Waals surface area contributed by atoms with Crippen molar-refractivity contribution in [2.45, 2.75) is 18.2 Å². The Morgan fingerprint density at radius 1 is 0.750 bits per heavy atom. The van der Waals surface area contributed by atoms with Gasteiger partial charge in [0.05, 0.1) is 4.90 Å². The van der Waals surface area contributed by atoms with Crippen LogP contribution in [0.2, 0.25) is 0 Å². The molecule has 1 aliphatic heterocycles. The molecule has 0 radical (unpaired) electrons. The molecule has 0 spiro atoms. The predicted octanol–water partition coefficient (Wildman–Crippen LogP) is 3.12. The van der Waals surface area contributed by atoms with Gasteiger partial charge in [0.1, 0.15) is 0 Å². The maximum Gasteiger partial charge on any atom is 0.175 e. The second kappa shape index (κ2) is 6.85. The van der Waals surface area contributed by atoms with Crippen LogP contribution in [-0.2, 0) is 9.84 Å². The van der Waals surface area contributed by atoms with Gasteiger partial charge in [-0.25, -0.2) is 8.42 Å². The first-order valence-electron chi connectivity index (χ1n) is 8.30. The first-order valence-corrected chi connectivity index (χ1v) is 10.2. The molecule has 0 amide bonds. The van der Waals surface area contributed by atoms with E-state index in [0.29, 0.717) is 4.90 Å². The Morgan fingerprint density at radius 3 is 1.67 bits per heavy atom. The van der Waals surface area contributed by atoms with Gasteiger partial charge in [-0.15, -0.1) is 0 Å². The van der Waals surface area contributed by atoms with Crippen LogP contribution in [0.25, 0.3) is 0 Å².